The predicted octanol–water partition coefficient (Wildman–Crippen LogP) is 1.09. The Hall–Kier alpha value is -1.64. The molecule has 0 aromatic heterocycles. The first-order valence-corrected chi connectivity index (χ1v) is 9.14. The summed E-state index contributed by atoms with van der Waals surface area (Å²) in [7, 11) is -3.43. The van der Waals surface area contributed by atoms with E-state index in [1.165, 1.54) is 8.61 Å². The average Bonchev–Trinajstić information content (AvgIpc) is 2.56. The second kappa shape index (κ2) is 7.29. The van der Waals surface area contributed by atoms with Crippen LogP contribution in [0.4, 0.5) is 5.69 Å². The maximum absolute atomic E-state index is 12.5. The summed E-state index contributed by atoms with van der Waals surface area (Å²) in [5.74, 6) is -0.973. The van der Waals surface area contributed by atoms with Crippen LogP contribution in [-0.2, 0) is 10.2 Å². The van der Waals surface area contributed by atoms with Crippen LogP contribution in [0.15, 0.2) is 24.3 Å². The van der Waals surface area contributed by atoms with Gasteiger partial charge in [-0.2, -0.15) is 17.0 Å². The molecule has 1 aromatic carbocycles. The second-order valence-corrected chi connectivity index (χ2v) is 7.23. The van der Waals surface area contributed by atoms with E-state index in [4.69, 9.17) is 0 Å². The van der Waals surface area contributed by atoms with Gasteiger partial charge in [-0.1, -0.05) is 26.0 Å². The molecule has 2 rings (SSSR count). The van der Waals surface area contributed by atoms with E-state index >= 15 is 0 Å². The molecule has 0 aliphatic carbocycles. The molecular weight excluding hydrogens is 318 g/mol. The highest BCUT2D eigenvalue weighted by Gasteiger charge is 2.31. The summed E-state index contributed by atoms with van der Waals surface area (Å²) in [5, 5.41) is 9.27. The van der Waals surface area contributed by atoms with Gasteiger partial charge in [0.2, 0.25) is 0 Å². The van der Waals surface area contributed by atoms with Crippen LogP contribution >= 0.6 is 0 Å². The monoisotopic (exact) mass is 341 g/mol. The van der Waals surface area contributed by atoms with Gasteiger partial charge in [0, 0.05) is 39.3 Å². The fourth-order valence-corrected chi connectivity index (χ4v) is 4.41. The van der Waals surface area contributed by atoms with Crippen LogP contribution in [0.5, 0.6) is 0 Å². The number of para-hydroxylation sites is 1. The molecule has 0 unspecified atom stereocenters. The highest BCUT2D eigenvalue weighted by atomic mass is 32.2. The van der Waals surface area contributed by atoms with Gasteiger partial charge < -0.3 is 10.0 Å². The van der Waals surface area contributed by atoms with Crippen molar-refractivity contribution in [2.24, 2.45) is 0 Å². The fourth-order valence-electron chi connectivity index (χ4n) is 2.80. The van der Waals surface area contributed by atoms with Crippen molar-refractivity contribution < 1.29 is 18.3 Å². The van der Waals surface area contributed by atoms with Crippen LogP contribution in [0.25, 0.3) is 0 Å². The molecule has 23 heavy (non-hydrogen) atoms. The zero-order valence-corrected chi connectivity index (χ0v) is 14.3. The molecule has 0 bridgehead atoms. The summed E-state index contributed by atoms with van der Waals surface area (Å²) in [6.07, 6.45) is 0. The van der Waals surface area contributed by atoms with Gasteiger partial charge in [0.1, 0.15) is 0 Å². The lowest BCUT2D eigenvalue weighted by atomic mass is 10.1. The number of carboxylic acid groups (broad SMARTS) is 1. The number of hydrogen-bond donors (Lipinski definition) is 1. The normalized spacial score (nSPS) is 16.7. The Labute approximate surface area is 137 Å². The molecule has 1 N–H and O–H groups in total. The number of rotatable bonds is 6. The molecule has 0 spiro atoms. The summed E-state index contributed by atoms with van der Waals surface area (Å²) < 4.78 is 27.9. The molecular formula is C15H23N3O4S. The Morgan fingerprint density at radius 1 is 1.13 bits per heavy atom. The predicted molar refractivity (Wildman–Crippen MR) is 89.0 cm³/mol. The first kappa shape index (κ1) is 17.7. The number of aromatic carboxylic acids is 1. The van der Waals surface area contributed by atoms with Crippen LogP contribution in [0, 0.1) is 0 Å². The third kappa shape index (κ3) is 3.65. The minimum Gasteiger partial charge on any atom is -0.478 e. The van der Waals surface area contributed by atoms with Crippen LogP contribution < -0.4 is 4.90 Å². The molecule has 0 radical (unpaired) electrons. The first-order valence-electron chi connectivity index (χ1n) is 7.74. The summed E-state index contributed by atoms with van der Waals surface area (Å²) in [6, 6.07) is 6.81. The van der Waals surface area contributed by atoms with Gasteiger partial charge in [-0.25, -0.2) is 4.79 Å². The highest BCUT2D eigenvalue weighted by molar-refractivity contribution is 7.86. The zero-order valence-electron chi connectivity index (χ0n) is 13.5. The second-order valence-electron chi connectivity index (χ2n) is 5.30. The van der Waals surface area contributed by atoms with E-state index in [0.717, 1.165) is 0 Å². The van der Waals surface area contributed by atoms with E-state index in [-0.39, 0.29) is 5.56 Å². The van der Waals surface area contributed by atoms with Gasteiger partial charge in [-0.3, -0.25) is 0 Å². The van der Waals surface area contributed by atoms with Crippen molar-refractivity contribution in [1.82, 2.24) is 8.61 Å². The Morgan fingerprint density at radius 3 is 2.22 bits per heavy atom. The number of anilines is 1. The van der Waals surface area contributed by atoms with Gasteiger partial charge in [-0.15, -0.1) is 0 Å². The maximum atomic E-state index is 12.5. The number of carboxylic acids is 1. The summed E-state index contributed by atoms with van der Waals surface area (Å²) >= 11 is 0. The molecule has 1 aromatic rings. The third-order valence-electron chi connectivity index (χ3n) is 4.07. The molecule has 0 atom stereocenters. The van der Waals surface area contributed by atoms with Crippen molar-refractivity contribution in [2.45, 2.75) is 13.8 Å². The molecule has 0 amide bonds. The van der Waals surface area contributed by atoms with Crippen LogP contribution in [0.1, 0.15) is 24.2 Å². The summed E-state index contributed by atoms with van der Waals surface area (Å²) in [4.78, 5) is 13.2. The summed E-state index contributed by atoms with van der Waals surface area (Å²) in [5.41, 5.74) is 0.882. The molecule has 1 saturated heterocycles. The van der Waals surface area contributed by atoms with E-state index in [0.29, 0.717) is 45.0 Å². The Morgan fingerprint density at radius 2 is 1.70 bits per heavy atom. The number of piperazine rings is 1. The Kier molecular flexibility index (Phi) is 5.61. The average molecular weight is 341 g/mol. The topological polar surface area (TPSA) is 81.2 Å². The van der Waals surface area contributed by atoms with Crippen molar-refractivity contribution in [3.63, 3.8) is 0 Å². The molecule has 1 heterocycles. The van der Waals surface area contributed by atoms with Crippen molar-refractivity contribution >= 4 is 21.9 Å². The molecule has 1 aliphatic heterocycles. The minimum absolute atomic E-state index is 0.243. The molecule has 7 nitrogen and oxygen atoms in total. The van der Waals surface area contributed by atoms with E-state index in [9.17, 15) is 18.3 Å². The minimum atomic E-state index is -3.43. The number of nitrogens with zero attached hydrogens (tertiary/aromatic N) is 3. The molecule has 128 valence electrons. The lowest BCUT2D eigenvalue weighted by Crippen LogP contribution is -2.53. The zero-order chi connectivity index (χ0) is 17.0. The van der Waals surface area contributed by atoms with E-state index in [1.54, 1.807) is 24.3 Å². The SMILES string of the molecule is CCN(CC)S(=O)(=O)N1CCN(c2ccccc2C(=O)O)CC1. The fraction of sp³-hybridized carbons (Fsp3) is 0.533. The van der Waals surface area contributed by atoms with Crippen molar-refractivity contribution in [1.29, 1.82) is 0 Å². The van der Waals surface area contributed by atoms with Crippen LogP contribution in [-0.4, -0.2) is 67.4 Å². The van der Waals surface area contributed by atoms with Gasteiger partial charge in [0.15, 0.2) is 0 Å². The molecule has 0 saturated carbocycles. The van der Waals surface area contributed by atoms with Crippen molar-refractivity contribution in [3.05, 3.63) is 29.8 Å². The van der Waals surface area contributed by atoms with Crippen molar-refractivity contribution in [2.75, 3.05) is 44.2 Å². The van der Waals surface area contributed by atoms with E-state index in [1.807, 2.05) is 18.7 Å². The number of carbonyl (C=O) groups is 1. The van der Waals surface area contributed by atoms with Gasteiger partial charge in [0.25, 0.3) is 10.2 Å². The van der Waals surface area contributed by atoms with Gasteiger partial charge in [-0.05, 0) is 12.1 Å². The summed E-state index contributed by atoms with van der Waals surface area (Å²) in [6.45, 7) is 6.19. The standard InChI is InChI=1S/C15H23N3O4S/c1-3-17(4-2)23(21,22)18-11-9-16(10-12-18)14-8-6-5-7-13(14)15(19)20/h5-8H,3-4,9-12H2,1-2H3,(H,19,20). The third-order valence-corrected chi connectivity index (χ3v) is 6.26. The first-order chi connectivity index (χ1) is 10.9. The smallest absolute Gasteiger partial charge is 0.337 e. The quantitative estimate of drug-likeness (QED) is 0.838. The highest BCUT2D eigenvalue weighted by Crippen LogP contribution is 2.23. The number of hydrogen-bond acceptors (Lipinski definition) is 4. The van der Waals surface area contributed by atoms with Gasteiger partial charge >= 0.3 is 5.97 Å². The van der Waals surface area contributed by atoms with Crippen LogP contribution in [0.3, 0.4) is 0 Å². The lowest BCUT2D eigenvalue weighted by Gasteiger charge is -2.37. The van der Waals surface area contributed by atoms with E-state index < -0.39 is 16.2 Å². The number of benzene rings is 1. The maximum Gasteiger partial charge on any atom is 0.337 e. The lowest BCUT2D eigenvalue weighted by molar-refractivity contribution is 0.0697. The van der Waals surface area contributed by atoms with Crippen LogP contribution in [0.2, 0.25) is 0 Å². The Bertz CT molecular complexity index is 650. The van der Waals surface area contributed by atoms with Gasteiger partial charge in [0.05, 0.1) is 11.3 Å². The molecule has 1 aliphatic rings. The largest absolute Gasteiger partial charge is 0.478 e. The molecule has 1 fully saturated rings. The Balaban J connectivity index is 2.12. The van der Waals surface area contributed by atoms with E-state index in [2.05, 4.69) is 0 Å². The van der Waals surface area contributed by atoms with Crippen molar-refractivity contribution in [3.8, 4) is 0 Å². The molecule has 8 heteroatoms.